The molecule has 0 aliphatic carbocycles. The van der Waals surface area contributed by atoms with E-state index in [0.717, 1.165) is 22.1 Å². The van der Waals surface area contributed by atoms with Gasteiger partial charge in [0.2, 0.25) is 18.3 Å². The fourth-order valence-electron chi connectivity index (χ4n) is 5.59. The predicted molar refractivity (Wildman–Crippen MR) is 173 cm³/mol. The first-order valence-electron chi connectivity index (χ1n) is 13.7. The van der Waals surface area contributed by atoms with Crippen LogP contribution in [0.3, 0.4) is 0 Å². The lowest BCUT2D eigenvalue weighted by Gasteiger charge is -2.44. The third-order valence-electron chi connectivity index (χ3n) is 7.67. The van der Waals surface area contributed by atoms with Gasteiger partial charge in [-0.1, -0.05) is 105 Å². The van der Waals surface area contributed by atoms with Gasteiger partial charge in [-0.05, 0) is 54.3 Å². The van der Waals surface area contributed by atoms with Crippen LogP contribution >= 0.6 is 23.4 Å². The van der Waals surface area contributed by atoms with Crippen molar-refractivity contribution in [1.82, 2.24) is 9.29 Å². The third-order valence-corrected chi connectivity index (χ3v) is 20.0. The van der Waals surface area contributed by atoms with Crippen molar-refractivity contribution >= 4 is 67.9 Å². The second kappa shape index (κ2) is 12.1. The number of likely N-dealkylation sites (N-methyl/N-ethyl adjacent to an activating group) is 1. The average Bonchev–Trinajstić information content (AvgIpc) is 3.15. The Morgan fingerprint density at radius 1 is 1.12 bits per heavy atom. The molecule has 0 bridgehead atoms. The van der Waals surface area contributed by atoms with E-state index in [9.17, 15) is 21.6 Å². The number of benzene rings is 2. The van der Waals surface area contributed by atoms with Gasteiger partial charge in [0.05, 0.1) is 11.3 Å². The summed E-state index contributed by atoms with van der Waals surface area (Å²) in [5.74, 6) is 0. The Bertz CT molecular complexity index is 1570. The van der Waals surface area contributed by atoms with E-state index < -0.39 is 56.1 Å². The van der Waals surface area contributed by atoms with E-state index in [1.54, 1.807) is 13.8 Å². The number of carbonyl (C=O) groups excluding carboxylic acids is 1. The lowest BCUT2D eigenvalue weighted by Crippen LogP contribution is -2.74. The highest BCUT2D eigenvalue weighted by Gasteiger charge is 2.53. The number of halogens is 1. The molecule has 2 heterocycles. The number of nitrogens with one attached hydrogen (secondary N) is 1. The van der Waals surface area contributed by atoms with Crippen LogP contribution in [0.15, 0.2) is 80.8 Å². The van der Waals surface area contributed by atoms with Gasteiger partial charge in [0.25, 0.3) is 0 Å². The van der Waals surface area contributed by atoms with Crippen LogP contribution < -0.4 is 14.8 Å². The first-order valence-corrected chi connectivity index (χ1v) is 20.0. The van der Waals surface area contributed by atoms with Gasteiger partial charge in [-0.3, -0.25) is 4.90 Å². The van der Waals surface area contributed by atoms with Crippen LogP contribution in [0.2, 0.25) is 5.04 Å². The van der Waals surface area contributed by atoms with E-state index in [1.807, 2.05) is 81.4 Å². The number of nitrogens with zero attached hydrogens (tertiary/aromatic N) is 1. The molecule has 0 spiro atoms. The highest BCUT2D eigenvalue weighted by molar-refractivity contribution is 8.28. The first kappa shape index (κ1) is 32.8. The van der Waals surface area contributed by atoms with Crippen LogP contribution in [0.5, 0.6) is 0 Å². The molecule has 42 heavy (non-hydrogen) atoms. The zero-order valence-corrected chi connectivity index (χ0v) is 28.7. The Balaban J connectivity index is 1.90. The number of rotatable bonds is 8. The van der Waals surface area contributed by atoms with Crippen LogP contribution in [0.25, 0.3) is 0 Å². The molecule has 1 unspecified atom stereocenters. The number of sulfone groups is 1. The molecule has 0 aromatic heterocycles. The molecule has 8 nitrogen and oxygen atoms in total. The Morgan fingerprint density at radius 2 is 1.64 bits per heavy atom. The highest BCUT2D eigenvalue weighted by atomic mass is 35.5. The Hall–Kier alpha value is -2.09. The largest absolute Gasteiger partial charge is 0.430 e. The average molecular weight is 669 g/mol. The number of amides is 1. The molecule has 2 aromatic rings. The van der Waals surface area contributed by atoms with Crippen molar-refractivity contribution in [2.75, 3.05) is 6.54 Å². The monoisotopic (exact) mass is 668 g/mol. The molecule has 2 aliphatic rings. The summed E-state index contributed by atoms with van der Waals surface area (Å²) < 4.78 is 64.1. The minimum atomic E-state index is -4.32. The minimum absolute atomic E-state index is 0.0181. The van der Waals surface area contributed by atoms with E-state index >= 15 is 0 Å². The van der Waals surface area contributed by atoms with Crippen molar-refractivity contribution in [3.63, 3.8) is 0 Å². The maximum absolute atomic E-state index is 14.5. The van der Waals surface area contributed by atoms with E-state index in [-0.39, 0.29) is 21.4 Å². The lowest BCUT2D eigenvalue weighted by molar-refractivity contribution is 0.0928. The fourth-order valence-corrected chi connectivity index (χ4v) is 18.1. The molecule has 0 saturated carbocycles. The Labute approximate surface area is 259 Å². The van der Waals surface area contributed by atoms with Crippen molar-refractivity contribution in [3.8, 4) is 0 Å². The zero-order chi connectivity index (χ0) is 31.1. The summed E-state index contributed by atoms with van der Waals surface area (Å²) in [6.07, 6.45) is 0.899. The lowest BCUT2D eigenvalue weighted by atomic mass is 10.0. The van der Waals surface area contributed by atoms with Crippen LogP contribution in [-0.4, -0.2) is 59.5 Å². The van der Waals surface area contributed by atoms with Crippen LogP contribution in [0.1, 0.15) is 48.0 Å². The van der Waals surface area contributed by atoms with Gasteiger partial charge >= 0.3 is 6.09 Å². The number of thioether (sulfide) groups is 1. The molecular formula is C29H37ClN2O6S3Si. The molecule has 3 atom stereocenters. The molecule has 4 rings (SSSR count). The standard InChI is InChI=1S/C29H37ClN2O6S3Si/c1-7-32(28(33)38-21(3)30)25-19-26(39-27-24(25)18-20(2)40(27,34)35)41(36,37)31-42(29(4,5)6,22-14-10-8-11-15-22)23-16-12-9-13-17-23/h8-17,19-21,25,31H,7,18H2,1-6H3/t20-,21?,25-/m0/s1. The molecule has 1 N–H and O–H groups in total. The van der Waals surface area contributed by atoms with Crippen LogP contribution in [-0.2, 0) is 24.6 Å². The summed E-state index contributed by atoms with van der Waals surface area (Å²) in [6, 6.07) is 18.1. The molecule has 0 fully saturated rings. The summed E-state index contributed by atoms with van der Waals surface area (Å²) in [6.45, 7) is 11.0. The minimum Gasteiger partial charge on any atom is -0.430 e. The highest BCUT2D eigenvalue weighted by Crippen LogP contribution is 2.49. The van der Waals surface area contributed by atoms with Gasteiger partial charge in [-0.15, -0.1) is 0 Å². The molecule has 228 valence electrons. The van der Waals surface area contributed by atoms with E-state index in [1.165, 1.54) is 17.9 Å². The maximum atomic E-state index is 14.5. The second-order valence-corrected chi connectivity index (χ2v) is 22.4. The Kier molecular flexibility index (Phi) is 9.47. The number of carbonyl (C=O) groups is 1. The summed E-state index contributed by atoms with van der Waals surface area (Å²) in [5, 5.41) is 0.430. The third kappa shape index (κ3) is 5.98. The fraction of sp³-hybridized carbons (Fsp3) is 0.414. The summed E-state index contributed by atoms with van der Waals surface area (Å²) in [5.41, 5.74) is -0.439. The molecule has 2 aromatic carbocycles. The van der Waals surface area contributed by atoms with Gasteiger partial charge in [-0.25, -0.2) is 26.0 Å². The van der Waals surface area contributed by atoms with Gasteiger partial charge < -0.3 is 4.74 Å². The number of hydrogen-bond acceptors (Lipinski definition) is 7. The second-order valence-electron chi connectivity index (χ2n) is 11.5. The van der Waals surface area contributed by atoms with Crippen molar-refractivity contribution in [3.05, 3.63) is 80.8 Å². The summed E-state index contributed by atoms with van der Waals surface area (Å²) >= 11 is 6.67. The quantitative estimate of drug-likeness (QED) is 0.315. The SMILES string of the molecule is CCN(C(=O)OC(C)Cl)[C@H]1C=C(S(=O)(=O)N[Si](c2ccccc2)(c2ccccc2)C(C)(C)C)SC2=C1C[C@H](C)S2(=O)=O. The van der Waals surface area contributed by atoms with Crippen molar-refractivity contribution in [2.45, 2.75) is 69.9 Å². The molecule has 1 amide bonds. The first-order chi connectivity index (χ1) is 19.6. The van der Waals surface area contributed by atoms with Gasteiger partial charge in [0.1, 0.15) is 8.47 Å². The Morgan fingerprint density at radius 3 is 2.10 bits per heavy atom. The summed E-state index contributed by atoms with van der Waals surface area (Å²) in [7, 11) is -11.5. The summed E-state index contributed by atoms with van der Waals surface area (Å²) in [4.78, 5) is 14.4. The molecule has 2 aliphatic heterocycles. The van der Waals surface area contributed by atoms with E-state index in [2.05, 4.69) is 4.39 Å². The number of ether oxygens (including phenoxy) is 1. The number of alkyl halides is 1. The van der Waals surface area contributed by atoms with Crippen molar-refractivity contribution in [1.29, 1.82) is 0 Å². The predicted octanol–water partition coefficient (Wildman–Crippen LogP) is 4.88. The topological polar surface area (TPSA) is 110 Å². The number of sulfonamides is 1. The normalized spacial score (nSPS) is 21.4. The molecular weight excluding hydrogens is 632 g/mol. The van der Waals surface area contributed by atoms with Crippen LogP contribution in [0.4, 0.5) is 4.79 Å². The van der Waals surface area contributed by atoms with Crippen molar-refractivity contribution < 1.29 is 26.4 Å². The van der Waals surface area contributed by atoms with Crippen molar-refractivity contribution in [2.24, 2.45) is 0 Å². The zero-order valence-electron chi connectivity index (χ0n) is 24.5. The number of hydrogen-bond donors (Lipinski definition) is 1. The molecule has 0 saturated heterocycles. The van der Waals surface area contributed by atoms with Crippen LogP contribution in [0, 0.1) is 0 Å². The smallest absolute Gasteiger partial charge is 0.411 e. The van der Waals surface area contributed by atoms with Gasteiger partial charge in [0.15, 0.2) is 15.4 Å². The van der Waals surface area contributed by atoms with E-state index in [4.69, 9.17) is 16.3 Å². The van der Waals surface area contributed by atoms with Gasteiger partial charge in [0, 0.05) is 6.54 Å². The maximum Gasteiger partial charge on any atom is 0.411 e. The molecule has 13 heteroatoms. The van der Waals surface area contributed by atoms with E-state index in [0.29, 0.717) is 5.57 Å². The van der Waals surface area contributed by atoms with Gasteiger partial charge in [-0.2, -0.15) is 0 Å². The molecule has 0 radical (unpaired) electrons.